The third kappa shape index (κ3) is 3.31. The van der Waals surface area contributed by atoms with Crippen molar-refractivity contribution < 1.29 is 13.7 Å². The van der Waals surface area contributed by atoms with E-state index >= 15 is 0 Å². The lowest BCUT2D eigenvalue weighted by atomic mass is 10.1. The molecular weight excluding hydrogens is 427 g/mol. The second-order valence-electron chi connectivity index (χ2n) is 5.03. The topological polar surface area (TPSA) is 51.7 Å². The molecule has 2 heterocycles. The lowest BCUT2D eigenvalue weighted by Crippen LogP contribution is -2.31. The molecule has 0 bridgehead atoms. The van der Waals surface area contributed by atoms with Gasteiger partial charge < -0.3 is 4.74 Å². The molecule has 2 atom stereocenters. The first kappa shape index (κ1) is 16.5. The molecule has 1 aliphatic heterocycles. The van der Waals surface area contributed by atoms with Gasteiger partial charge in [-0.25, -0.2) is 0 Å². The molecule has 2 unspecified atom stereocenters. The lowest BCUT2D eigenvalue weighted by Gasteiger charge is -2.25. The summed E-state index contributed by atoms with van der Waals surface area (Å²) in [6.07, 6.45) is 1.81. The fraction of sp³-hybridized carbons (Fsp3) is 0.250. The molecule has 0 radical (unpaired) electrons. The number of aromatic nitrogens is 1. The highest BCUT2D eigenvalue weighted by Gasteiger charge is 2.43. The zero-order chi connectivity index (χ0) is 16.2. The van der Waals surface area contributed by atoms with E-state index < -0.39 is 6.10 Å². The Labute approximate surface area is 151 Å². The van der Waals surface area contributed by atoms with E-state index in [0.29, 0.717) is 12.2 Å². The summed E-state index contributed by atoms with van der Waals surface area (Å²) in [6, 6.07) is 13.0. The molecule has 0 saturated carbocycles. The van der Waals surface area contributed by atoms with Crippen LogP contribution in [-0.2, 0) is 8.98 Å². The maximum atomic E-state index is 12.8. The van der Waals surface area contributed by atoms with Gasteiger partial charge in [-0.05, 0) is 24.3 Å². The maximum absolute atomic E-state index is 12.8. The molecule has 1 aromatic carbocycles. The Morgan fingerprint density at radius 2 is 2.04 bits per heavy atom. The summed E-state index contributed by atoms with van der Waals surface area (Å²) in [5, 5.41) is 0. The smallest absolute Gasteiger partial charge is 0.258 e. The molecule has 1 amide bonds. The van der Waals surface area contributed by atoms with Crippen LogP contribution in [0, 0.1) is 0 Å². The number of benzene rings is 1. The molecule has 2 aromatic rings. The number of pyridine rings is 1. The number of amides is 1. The van der Waals surface area contributed by atoms with Crippen LogP contribution in [0.25, 0.3) is 0 Å². The highest BCUT2D eigenvalue weighted by atomic mass is 127. The minimum Gasteiger partial charge on any atom is -0.495 e. The van der Waals surface area contributed by atoms with E-state index in [4.69, 9.17) is 8.92 Å². The second-order valence-corrected chi connectivity index (χ2v) is 6.43. The van der Waals surface area contributed by atoms with Gasteiger partial charge >= 0.3 is 0 Å². The summed E-state index contributed by atoms with van der Waals surface area (Å²) in [6.45, 7) is 0. The van der Waals surface area contributed by atoms with Crippen LogP contribution >= 0.6 is 30.4 Å². The Hall–Kier alpha value is -1.32. The number of para-hydroxylation sites is 2. The van der Waals surface area contributed by atoms with Crippen molar-refractivity contribution in [2.75, 3.05) is 12.0 Å². The first-order valence-corrected chi connectivity index (χ1v) is 10.4. The number of hydrogen-bond acceptors (Lipinski definition) is 5. The second kappa shape index (κ2) is 7.50. The van der Waals surface area contributed by atoms with Gasteiger partial charge in [0.1, 0.15) is 5.75 Å². The van der Waals surface area contributed by atoms with E-state index in [0.717, 1.165) is 11.4 Å². The molecule has 3 rings (SSSR count). The van der Waals surface area contributed by atoms with Crippen LogP contribution in [0.5, 0.6) is 5.75 Å². The van der Waals surface area contributed by atoms with Crippen molar-refractivity contribution in [3.8, 4) is 5.75 Å². The third-order valence-electron chi connectivity index (χ3n) is 3.79. The van der Waals surface area contributed by atoms with E-state index in [-0.39, 0.29) is 11.9 Å². The van der Waals surface area contributed by atoms with Crippen molar-refractivity contribution in [2.45, 2.75) is 18.6 Å². The summed E-state index contributed by atoms with van der Waals surface area (Å²) in [7, 11) is 2.78. The molecular formula is C16H15IN2O3S. The predicted molar refractivity (Wildman–Crippen MR) is 98.6 cm³/mol. The molecule has 1 fully saturated rings. The lowest BCUT2D eigenvalue weighted by molar-refractivity contribution is -0.122. The minimum absolute atomic E-state index is 0.0747. The number of methoxy groups -OCH3 is 1. The van der Waals surface area contributed by atoms with Crippen molar-refractivity contribution in [3.63, 3.8) is 0 Å². The zero-order valence-corrected chi connectivity index (χ0v) is 15.4. The van der Waals surface area contributed by atoms with Crippen molar-refractivity contribution >= 4 is 42.0 Å². The summed E-state index contributed by atoms with van der Waals surface area (Å²) in [4.78, 5) is 19.0. The first-order chi connectivity index (χ1) is 11.3. The number of rotatable bonds is 5. The third-order valence-corrected chi connectivity index (χ3v) is 4.72. The van der Waals surface area contributed by atoms with Gasteiger partial charge in [0.25, 0.3) is 5.91 Å². The minimum atomic E-state index is -0.492. The number of hydrogen-bond donors (Lipinski definition) is 0. The monoisotopic (exact) mass is 442 g/mol. The number of carbonyl (C=O) groups is 1. The normalized spacial score (nSPS) is 20.8. The van der Waals surface area contributed by atoms with Gasteiger partial charge in [0.15, 0.2) is 6.10 Å². The van der Waals surface area contributed by atoms with Crippen LogP contribution in [-0.4, -0.2) is 24.1 Å². The summed E-state index contributed by atoms with van der Waals surface area (Å²) >= 11 is 2.03. The summed E-state index contributed by atoms with van der Waals surface area (Å²) in [5.74, 6) is 0.582. The molecule has 23 heavy (non-hydrogen) atoms. The summed E-state index contributed by atoms with van der Waals surface area (Å²) in [5.41, 5.74) is 1.58. The Morgan fingerprint density at radius 1 is 1.26 bits per heavy atom. The molecule has 0 spiro atoms. The standard InChI is InChI=1S/C16H15IN2O3S/c1-21-14-8-3-2-7-12(14)19-13(11-6-4-5-9-18-11)10-15(16(19)20)22-23-17/h2-9,13,15H,10H2,1H3. The van der Waals surface area contributed by atoms with E-state index in [2.05, 4.69) is 4.98 Å². The van der Waals surface area contributed by atoms with Gasteiger partial charge in [-0.15, -0.1) is 0 Å². The molecule has 1 aliphatic rings. The fourth-order valence-electron chi connectivity index (χ4n) is 2.78. The predicted octanol–water partition coefficient (Wildman–Crippen LogP) is 3.95. The Balaban J connectivity index is 2.04. The number of anilines is 1. The average molecular weight is 442 g/mol. The van der Waals surface area contributed by atoms with Crippen molar-refractivity contribution in [2.24, 2.45) is 0 Å². The number of halogens is 1. The SMILES string of the molecule is COc1ccccc1N1C(=O)C(OSI)CC1c1ccccn1. The Kier molecular flexibility index (Phi) is 5.39. The quantitative estimate of drug-likeness (QED) is 0.519. The van der Waals surface area contributed by atoms with Gasteiger partial charge in [0.2, 0.25) is 0 Å². The van der Waals surface area contributed by atoms with Crippen LogP contribution in [0.4, 0.5) is 5.69 Å². The van der Waals surface area contributed by atoms with Crippen LogP contribution in [0.3, 0.4) is 0 Å². The van der Waals surface area contributed by atoms with Crippen LogP contribution in [0.1, 0.15) is 18.2 Å². The number of nitrogens with zero attached hydrogens (tertiary/aromatic N) is 2. The zero-order valence-electron chi connectivity index (χ0n) is 12.4. The molecule has 0 aliphatic carbocycles. The van der Waals surface area contributed by atoms with Crippen LogP contribution < -0.4 is 9.64 Å². The molecule has 1 saturated heterocycles. The van der Waals surface area contributed by atoms with Gasteiger partial charge in [0.05, 0.1) is 33.7 Å². The molecule has 7 heteroatoms. The van der Waals surface area contributed by atoms with Gasteiger partial charge in [-0.1, -0.05) is 18.2 Å². The van der Waals surface area contributed by atoms with Gasteiger partial charge in [0, 0.05) is 33.8 Å². The van der Waals surface area contributed by atoms with E-state index in [1.165, 1.54) is 9.21 Å². The van der Waals surface area contributed by atoms with Crippen molar-refractivity contribution in [1.29, 1.82) is 0 Å². The van der Waals surface area contributed by atoms with Crippen molar-refractivity contribution in [1.82, 2.24) is 4.98 Å². The molecule has 1 aromatic heterocycles. The Morgan fingerprint density at radius 3 is 2.74 bits per heavy atom. The largest absolute Gasteiger partial charge is 0.495 e. The maximum Gasteiger partial charge on any atom is 0.258 e. The highest BCUT2D eigenvalue weighted by Crippen LogP contribution is 2.42. The number of ether oxygens (including phenoxy) is 1. The van der Waals surface area contributed by atoms with Crippen LogP contribution in [0.15, 0.2) is 48.7 Å². The van der Waals surface area contributed by atoms with E-state index in [1.807, 2.05) is 63.7 Å². The van der Waals surface area contributed by atoms with Crippen LogP contribution in [0.2, 0.25) is 0 Å². The molecule has 5 nitrogen and oxygen atoms in total. The molecule has 120 valence electrons. The highest BCUT2D eigenvalue weighted by molar-refractivity contribution is 14.2. The average Bonchev–Trinajstić information content (AvgIpc) is 2.92. The molecule has 0 N–H and O–H groups in total. The Bertz CT molecular complexity index is 686. The summed E-state index contributed by atoms with van der Waals surface area (Å²) < 4.78 is 11.0. The fourth-order valence-corrected chi connectivity index (χ4v) is 3.78. The van der Waals surface area contributed by atoms with Gasteiger partial charge in [-0.2, -0.15) is 0 Å². The number of carbonyl (C=O) groups excluding carboxylic acids is 1. The first-order valence-electron chi connectivity index (χ1n) is 7.07. The van der Waals surface area contributed by atoms with E-state index in [9.17, 15) is 4.79 Å². The van der Waals surface area contributed by atoms with Gasteiger partial charge in [-0.3, -0.25) is 18.9 Å². The van der Waals surface area contributed by atoms with Crippen molar-refractivity contribution in [3.05, 3.63) is 54.4 Å². The van der Waals surface area contributed by atoms with E-state index in [1.54, 1.807) is 18.2 Å².